The number of sulfonamides is 1. The quantitative estimate of drug-likeness (QED) is 0.633. The molecule has 0 unspecified atom stereocenters. The van der Waals surface area contributed by atoms with E-state index in [0.717, 1.165) is 15.6 Å². The Labute approximate surface area is 156 Å². The van der Waals surface area contributed by atoms with Crippen molar-refractivity contribution >= 4 is 43.1 Å². The van der Waals surface area contributed by atoms with Crippen molar-refractivity contribution in [1.29, 1.82) is 0 Å². The zero-order valence-electron chi connectivity index (χ0n) is 14.5. The van der Waals surface area contributed by atoms with Crippen LogP contribution in [0.1, 0.15) is 29.1 Å². The first-order valence-corrected chi connectivity index (χ1v) is 10.6. The second-order valence-electron chi connectivity index (χ2n) is 5.64. The summed E-state index contributed by atoms with van der Waals surface area (Å²) in [7, 11) is -3.82. The highest BCUT2D eigenvalue weighted by Gasteiger charge is 2.22. The van der Waals surface area contributed by atoms with E-state index in [4.69, 9.17) is 4.74 Å². The van der Waals surface area contributed by atoms with Crippen LogP contribution in [-0.2, 0) is 21.2 Å². The van der Waals surface area contributed by atoms with Gasteiger partial charge in [0.25, 0.3) is 10.0 Å². The van der Waals surface area contributed by atoms with Crippen molar-refractivity contribution in [2.75, 3.05) is 11.3 Å². The standard InChI is InChI=1S/C19H19NO4S2/c1-3-15-12-17(19(21)24-4-2)18(25-15)20-26(22,23)16-10-9-13-7-5-6-8-14(13)11-16/h5-12,20H,3-4H2,1-2H3. The van der Waals surface area contributed by atoms with Crippen LogP contribution in [0.2, 0.25) is 0 Å². The van der Waals surface area contributed by atoms with Crippen molar-refractivity contribution in [2.45, 2.75) is 25.2 Å². The van der Waals surface area contributed by atoms with Gasteiger partial charge in [0.05, 0.1) is 17.1 Å². The van der Waals surface area contributed by atoms with E-state index in [0.29, 0.717) is 6.42 Å². The molecule has 0 aliphatic heterocycles. The lowest BCUT2D eigenvalue weighted by Crippen LogP contribution is -2.15. The molecular formula is C19H19NO4S2. The molecule has 1 heterocycles. The lowest BCUT2D eigenvalue weighted by atomic mass is 10.1. The van der Waals surface area contributed by atoms with Gasteiger partial charge >= 0.3 is 5.97 Å². The number of nitrogens with one attached hydrogen (secondary N) is 1. The Balaban J connectivity index is 1.98. The van der Waals surface area contributed by atoms with Gasteiger partial charge in [-0.25, -0.2) is 13.2 Å². The molecule has 26 heavy (non-hydrogen) atoms. The number of anilines is 1. The fourth-order valence-electron chi connectivity index (χ4n) is 2.57. The van der Waals surface area contributed by atoms with Crippen LogP contribution in [0.25, 0.3) is 10.8 Å². The number of hydrogen-bond acceptors (Lipinski definition) is 5. The first-order chi connectivity index (χ1) is 12.4. The summed E-state index contributed by atoms with van der Waals surface area (Å²) in [6.07, 6.45) is 0.703. The summed E-state index contributed by atoms with van der Waals surface area (Å²) in [6, 6.07) is 14.2. The van der Waals surface area contributed by atoms with Gasteiger partial charge in [-0.15, -0.1) is 11.3 Å². The third kappa shape index (κ3) is 3.73. The minimum absolute atomic E-state index is 0.150. The van der Waals surface area contributed by atoms with E-state index in [1.165, 1.54) is 11.3 Å². The van der Waals surface area contributed by atoms with Gasteiger partial charge in [0.1, 0.15) is 5.00 Å². The van der Waals surface area contributed by atoms with Crippen LogP contribution < -0.4 is 4.72 Å². The molecular weight excluding hydrogens is 370 g/mol. The average Bonchev–Trinajstić information content (AvgIpc) is 3.04. The molecule has 0 bridgehead atoms. The number of rotatable bonds is 6. The lowest BCUT2D eigenvalue weighted by Gasteiger charge is -2.09. The van der Waals surface area contributed by atoms with Crippen molar-refractivity contribution in [3.63, 3.8) is 0 Å². The minimum atomic E-state index is -3.82. The van der Waals surface area contributed by atoms with E-state index in [9.17, 15) is 13.2 Å². The van der Waals surface area contributed by atoms with Gasteiger partial charge in [-0.3, -0.25) is 4.72 Å². The molecule has 0 saturated carbocycles. The predicted octanol–water partition coefficient (Wildman–Crippen LogP) is 4.44. The predicted molar refractivity (Wildman–Crippen MR) is 104 cm³/mol. The van der Waals surface area contributed by atoms with Crippen LogP contribution in [0.4, 0.5) is 5.00 Å². The van der Waals surface area contributed by atoms with Gasteiger partial charge in [-0.1, -0.05) is 37.3 Å². The van der Waals surface area contributed by atoms with E-state index in [-0.39, 0.29) is 22.1 Å². The van der Waals surface area contributed by atoms with Gasteiger partial charge in [0, 0.05) is 4.88 Å². The Kier molecular flexibility index (Phi) is 5.29. The molecule has 5 nitrogen and oxygen atoms in total. The summed E-state index contributed by atoms with van der Waals surface area (Å²) in [5.74, 6) is -0.528. The molecule has 2 aromatic carbocycles. The van der Waals surface area contributed by atoms with E-state index in [2.05, 4.69) is 4.72 Å². The molecule has 136 valence electrons. The maximum atomic E-state index is 12.8. The van der Waals surface area contributed by atoms with Crippen molar-refractivity contribution in [2.24, 2.45) is 0 Å². The average molecular weight is 389 g/mol. The van der Waals surface area contributed by atoms with Crippen LogP contribution in [0, 0.1) is 0 Å². The van der Waals surface area contributed by atoms with Crippen LogP contribution in [0.5, 0.6) is 0 Å². The number of hydrogen-bond donors (Lipinski definition) is 1. The summed E-state index contributed by atoms with van der Waals surface area (Å²) < 4.78 is 33.2. The largest absolute Gasteiger partial charge is 0.462 e. The number of benzene rings is 2. The van der Waals surface area contributed by atoms with Gasteiger partial charge < -0.3 is 4.74 Å². The highest BCUT2D eigenvalue weighted by Crippen LogP contribution is 2.31. The second kappa shape index (κ2) is 7.47. The van der Waals surface area contributed by atoms with E-state index < -0.39 is 16.0 Å². The third-order valence-corrected chi connectivity index (χ3v) is 6.56. The van der Waals surface area contributed by atoms with Crippen LogP contribution in [0.3, 0.4) is 0 Å². The Morgan fingerprint density at radius 3 is 2.50 bits per heavy atom. The summed E-state index contributed by atoms with van der Waals surface area (Å²) in [5.41, 5.74) is 0.248. The zero-order valence-corrected chi connectivity index (χ0v) is 16.1. The zero-order chi connectivity index (χ0) is 18.7. The van der Waals surface area contributed by atoms with Crippen molar-refractivity contribution in [3.8, 4) is 0 Å². The summed E-state index contributed by atoms with van der Waals surface area (Å²) in [6.45, 7) is 3.89. The second-order valence-corrected chi connectivity index (χ2v) is 8.46. The highest BCUT2D eigenvalue weighted by atomic mass is 32.2. The molecule has 0 radical (unpaired) electrons. The Morgan fingerprint density at radius 1 is 1.08 bits per heavy atom. The number of carbonyl (C=O) groups is 1. The molecule has 0 saturated heterocycles. The Hall–Kier alpha value is -2.38. The van der Waals surface area contributed by atoms with Crippen LogP contribution in [0.15, 0.2) is 53.4 Å². The number of fused-ring (bicyclic) bond motifs is 1. The van der Waals surface area contributed by atoms with Gasteiger partial charge in [-0.05, 0) is 42.3 Å². The lowest BCUT2D eigenvalue weighted by molar-refractivity contribution is 0.0528. The normalized spacial score (nSPS) is 11.5. The van der Waals surface area contributed by atoms with Crippen molar-refractivity contribution in [3.05, 3.63) is 59.0 Å². The Morgan fingerprint density at radius 2 is 1.81 bits per heavy atom. The number of esters is 1. The molecule has 0 atom stereocenters. The molecule has 1 aromatic heterocycles. The van der Waals surface area contributed by atoms with Gasteiger partial charge in [0.15, 0.2) is 0 Å². The monoisotopic (exact) mass is 389 g/mol. The first kappa shape index (κ1) is 18.4. The molecule has 7 heteroatoms. The number of ether oxygens (including phenoxy) is 1. The molecule has 0 amide bonds. The Bertz CT molecular complexity index is 1050. The van der Waals surface area contributed by atoms with Gasteiger partial charge in [-0.2, -0.15) is 0 Å². The van der Waals surface area contributed by atoms with Crippen molar-refractivity contribution < 1.29 is 17.9 Å². The number of thiophene rings is 1. The molecule has 3 aromatic rings. The molecule has 0 fully saturated rings. The molecule has 0 aliphatic carbocycles. The summed E-state index contributed by atoms with van der Waals surface area (Å²) in [4.78, 5) is 13.2. The smallest absolute Gasteiger partial charge is 0.341 e. The summed E-state index contributed by atoms with van der Waals surface area (Å²) >= 11 is 1.25. The van der Waals surface area contributed by atoms with Crippen LogP contribution in [-0.4, -0.2) is 21.0 Å². The van der Waals surface area contributed by atoms with Crippen molar-refractivity contribution in [1.82, 2.24) is 0 Å². The maximum Gasteiger partial charge on any atom is 0.341 e. The highest BCUT2D eigenvalue weighted by molar-refractivity contribution is 7.93. The molecule has 0 spiro atoms. The molecule has 0 aliphatic rings. The van der Waals surface area contributed by atoms with E-state index in [1.807, 2.05) is 31.2 Å². The van der Waals surface area contributed by atoms with E-state index in [1.54, 1.807) is 31.2 Å². The molecule has 3 rings (SSSR count). The van der Waals surface area contributed by atoms with Crippen LogP contribution >= 0.6 is 11.3 Å². The minimum Gasteiger partial charge on any atom is -0.462 e. The number of carbonyl (C=O) groups excluding carboxylic acids is 1. The number of aryl methyl sites for hydroxylation is 1. The SMILES string of the molecule is CCOC(=O)c1cc(CC)sc1NS(=O)(=O)c1ccc2ccccc2c1. The molecule has 1 N–H and O–H groups in total. The fourth-order valence-corrected chi connectivity index (χ4v) is 4.90. The maximum absolute atomic E-state index is 12.8. The fraction of sp³-hybridized carbons (Fsp3) is 0.211. The first-order valence-electron chi connectivity index (χ1n) is 8.26. The third-order valence-electron chi connectivity index (χ3n) is 3.89. The van der Waals surface area contributed by atoms with Gasteiger partial charge in [0.2, 0.25) is 0 Å². The van der Waals surface area contributed by atoms with E-state index >= 15 is 0 Å². The summed E-state index contributed by atoms with van der Waals surface area (Å²) in [5, 5.41) is 2.08. The topological polar surface area (TPSA) is 72.5 Å².